The third kappa shape index (κ3) is 3.15. The lowest BCUT2D eigenvalue weighted by atomic mass is 10.2. The predicted molar refractivity (Wildman–Crippen MR) is 57.6 cm³/mol. The zero-order valence-electron chi connectivity index (χ0n) is 9.37. The number of nitriles is 1. The second-order valence-electron chi connectivity index (χ2n) is 3.75. The van der Waals surface area contributed by atoms with E-state index in [-0.39, 0.29) is 26.2 Å². The molecule has 2 atom stereocenters. The number of sulfonamides is 1. The van der Waals surface area contributed by atoms with Crippen LogP contribution in [0.1, 0.15) is 13.3 Å². The van der Waals surface area contributed by atoms with Crippen molar-refractivity contribution >= 4 is 16.0 Å². The van der Waals surface area contributed by atoms with E-state index < -0.39 is 27.3 Å². The summed E-state index contributed by atoms with van der Waals surface area (Å²) < 4.78 is 30.1. The summed E-state index contributed by atoms with van der Waals surface area (Å²) in [6.45, 7) is 1.63. The Bertz CT molecular complexity index is 427. The first-order chi connectivity index (χ1) is 7.89. The van der Waals surface area contributed by atoms with Crippen molar-refractivity contribution in [2.75, 3.05) is 19.8 Å². The molecule has 0 bridgehead atoms. The normalized spacial score (nSPS) is 23.9. The van der Waals surface area contributed by atoms with Gasteiger partial charge in [-0.3, -0.25) is 4.79 Å². The van der Waals surface area contributed by atoms with E-state index in [1.807, 2.05) is 0 Å². The fourth-order valence-electron chi connectivity index (χ4n) is 1.61. The van der Waals surface area contributed by atoms with Crippen LogP contribution in [0.4, 0.5) is 0 Å². The average Bonchev–Trinajstić information content (AvgIpc) is 2.27. The molecule has 8 heteroatoms. The molecular formula is C9H14N2O5S. The molecule has 0 aliphatic carbocycles. The van der Waals surface area contributed by atoms with Crippen LogP contribution >= 0.6 is 0 Å². The highest BCUT2D eigenvalue weighted by Gasteiger charge is 2.37. The Morgan fingerprint density at radius 1 is 1.71 bits per heavy atom. The van der Waals surface area contributed by atoms with Gasteiger partial charge in [0.05, 0.1) is 31.7 Å². The number of carbonyl (C=O) groups is 1. The average molecular weight is 262 g/mol. The quantitative estimate of drug-likeness (QED) is 0.725. The van der Waals surface area contributed by atoms with E-state index in [0.29, 0.717) is 0 Å². The number of nitrogens with zero attached hydrogens (tertiary/aromatic N) is 2. The Morgan fingerprint density at radius 2 is 2.35 bits per heavy atom. The van der Waals surface area contributed by atoms with Crippen LogP contribution in [0.25, 0.3) is 0 Å². The van der Waals surface area contributed by atoms with Gasteiger partial charge >= 0.3 is 5.97 Å². The molecule has 0 radical (unpaired) electrons. The minimum atomic E-state index is -3.78. The Kier molecular flexibility index (Phi) is 4.45. The first kappa shape index (κ1) is 13.9. The molecule has 0 aromatic heterocycles. The summed E-state index contributed by atoms with van der Waals surface area (Å²) >= 11 is 0. The number of carboxylic acids is 1. The predicted octanol–water partition coefficient (Wildman–Crippen LogP) is -0.596. The molecule has 7 nitrogen and oxygen atoms in total. The van der Waals surface area contributed by atoms with E-state index in [4.69, 9.17) is 15.1 Å². The number of aliphatic carboxylic acids is 1. The number of rotatable bonds is 4. The van der Waals surface area contributed by atoms with Crippen LogP contribution in [0.5, 0.6) is 0 Å². The molecule has 1 aliphatic rings. The SMILES string of the molecule is CC(C#N)S(=O)(=O)N1CCOCC1CC(=O)O. The highest BCUT2D eigenvalue weighted by Crippen LogP contribution is 2.18. The zero-order chi connectivity index (χ0) is 13.1. The highest BCUT2D eigenvalue weighted by molar-refractivity contribution is 7.90. The van der Waals surface area contributed by atoms with E-state index in [2.05, 4.69) is 0 Å². The van der Waals surface area contributed by atoms with Crippen LogP contribution in [0, 0.1) is 11.3 Å². The van der Waals surface area contributed by atoms with Crippen LogP contribution in [0.2, 0.25) is 0 Å². The van der Waals surface area contributed by atoms with Gasteiger partial charge in [-0.05, 0) is 6.92 Å². The van der Waals surface area contributed by atoms with Crippen molar-refractivity contribution in [2.45, 2.75) is 24.6 Å². The van der Waals surface area contributed by atoms with Gasteiger partial charge in [-0.1, -0.05) is 0 Å². The molecule has 0 aromatic rings. The Morgan fingerprint density at radius 3 is 2.88 bits per heavy atom. The molecule has 1 rings (SSSR count). The van der Waals surface area contributed by atoms with Gasteiger partial charge < -0.3 is 9.84 Å². The standard InChI is InChI=1S/C9H14N2O5S/c1-7(5-10)17(14,15)11-2-3-16-6-8(11)4-9(12)13/h7-8H,2-4,6H2,1H3,(H,12,13). The van der Waals surface area contributed by atoms with Gasteiger partial charge in [0.2, 0.25) is 10.0 Å². The third-order valence-corrected chi connectivity index (χ3v) is 4.67. The highest BCUT2D eigenvalue weighted by atomic mass is 32.2. The molecule has 96 valence electrons. The molecule has 1 fully saturated rings. The molecule has 1 aliphatic heterocycles. The number of morpholine rings is 1. The smallest absolute Gasteiger partial charge is 0.305 e. The number of hydrogen-bond acceptors (Lipinski definition) is 5. The Labute approximate surface area is 99.6 Å². The topological polar surface area (TPSA) is 108 Å². The first-order valence-corrected chi connectivity index (χ1v) is 6.59. The van der Waals surface area contributed by atoms with Crippen molar-refractivity contribution < 1.29 is 23.1 Å². The molecule has 1 N–H and O–H groups in total. The summed E-state index contributed by atoms with van der Waals surface area (Å²) in [4.78, 5) is 10.6. The van der Waals surface area contributed by atoms with Crippen LogP contribution in [-0.2, 0) is 19.6 Å². The van der Waals surface area contributed by atoms with Crippen molar-refractivity contribution in [3.63, 3.8) is 0 Å². The van der Waals surface area contributed by atoms with E-state index in [0.717, 1.165) is 4.31 Å². The van der Waals surface area contributed by atoms with Crippen molar-refractivity contribution in [3.05, 3.63) is 0 Å². The Hall–Kier alpha value is -1.17. The third-order valence-electron chi connectivity index (χ3n) is 2.54. The van der Waals surface area contributed by atoms with Gasteiger partial charge in [-0.25, -0.2) is 8.42 Å². The van der Waals surface area contributed by atoms with Gasteiger partial charge in [-0.15, -0.1) is 0 Å². The van der Waals surface area contributed by atoms with Gasteiger partial charge in [0, 0.05) is 6.54 Å². The summed E-state index contributed by atoms with van der Waals surface area (Å²) in [6, 6.07) is 0.924. The lowest BCUT2D eigenvalue weighted by Gasteiger charge is -2.34. The maximum atomic E-state index is 12.0. The molecule has 2 unspecified atom stereocenters. The summed E-state index contributed by atoms with van der Waals surface area (Å²) in [7, 11) is -3.78. The van der Waals surface area contributed by atoms with Gasteiger partial charge in [-0.2, -0.15) is 9.57 Å². The molecule has 0 aromatic carbocycles. The molecular weight excluding hydrogens is 248 g/mol. The van der Waals surface area contributed by atoms with Crippen molar-refractivity contribution in [1.82, 2.24) is 4.31 Å². The van der Waals surface area contributed by atoms with Gasteiger partial charge in [0.1, 0.15) is 0 Å². The lowest BCUT2D eigenvalue weighted by molar-refractivity contribution is -0.139. The minimum absolute atomic E-state index is 0.0453. The van der Waals surface area contributed by atoms with Crippen LogP contribution < -0.4 is 0 Å². The molecule has 0 amide bonds. The molecule has 0 spiro atoms. The van der Waals surface area contributed by atoms with Crippen molar-refractivity contribution in [3.8, 4) is 6.07 Å². The largest absolute Gasteiger partial charge is 0.481 e. The maximum Gasteiger partial charge on any atom is 0.305 e. The van der Waals surface area contributed by atoms with E-state index in [9.17, 15) is 13.2 Å². The minimum Gasteiger partial charge on any atom is -0.481 e. The van der Waals surface area contributed by atoms with E-state index >= 15 is 0 Å². The molecule has 0 saturated carbocycles. The summed E-state index contributed by atoms with van der Waals surface area (Å²) in [5, 5.41) is 16.2. The van der Waals surface area contributed by atoms with Crippen LogP contribution in [0.3, 0.4) is 0 Å². The van der Waals surface area contributed by atoms with E-state index in [1.165, 1.54) is 6.92 Å². The number of ether oxygens (including phenoxy) is 1. The summed E-state index contributed by atoms with van der Waals surface area (Å²) in [5.74, 6) is -1.09. The summed E-state index contributed by atoms with van der Waals surface area (Å²) in [6.07, 6.45) is -0.322. The van der Waals surface area contributed by atoms with Gasteiger partial charge in [0.15, 0.2) is 5.25 Å². The zero-order valence-corrected chi connectivity index (χ0v) is 10.2. The van der Waals surface area contributed by atoms with Gasteiger partial charge in [0.25, 0.3) is 0 Å². The second kappa shape index (κ2) is 5.44. The molecule has 1 heterocycles. The summed E-state index contributed by atoms with van der Waals surface area (Å²) in [5.41, 5.74) is 0. The maximum absolute atomic E-state index is 12.0. The number of carboxylic acid groups (broad SMARTS) is 1. The fourth-order valence-corrected chi connectivity index (χ4v) is 3.03. The molecule has 17 heavy (non-hydrogen) atoms. The lowest BCUT2D eigenvalue weighted by Crippen LogP contribution is -2.51. The molecule has 1 saturated heterocycles. The number of hydrogen-bond donors (Lipinski definition) is 1. The van der Waals surface area contributed by atoms with Crippen molar-refractivity contribution in [2.24, 2.45) is 0 Å². The Balaban J connectivity index is 2.92. The fraction of sp³-hybridized carbons (Fsp3) is 0.778. The van der Waals surface area contributed by atoms with Crippen molar-refractivity contribution in [1.29, 1.82) is 5.26 Å². The monoisotopic (exact) mass is 262 g/mol. The van der Waals surface area contributed by atoms with Crippen LogP contribution in [-0.4, -0.2) is 54.8 Å². The second-order valence-corrected chi connectivity index (χ2v) is 5.96. The van der Waals surface area contributed by atoms with Crippen LogP contribution in [0.15, 0.2) is 0 Å². The first-order valence-electron chi connectivity index (χ1n) is 5.09. The van der Waals surface area contributed by atoms with E-state index in [1.54, 1.807) is 6.07 Å².